The second-order valence-electron chi connectivity index (χ2n) is 4.51. The molecule has 4 nitrogen and oxygen atoms in total. The molecular formula is C14H26N4. The van der Waals surface area contributed by atoms with Crippen molar-refractivity contribution in [1.29, 1.82) is 0 Å². The van der Waals surface area contributed by atoms with E-state index in [-0.39, 0.29) is 0 Å². The number of rotatable bonds is 9. The van der Waals surface area contributed by atoms with Crippen LogP contribution >= 0.6 is 0 Å². The van der Waals surface area contributed by atoms with Crippen molar-refractivity contribution in [3.8, 4) is 0 Å². The molecule has 4 heteroatoms. The van der Waals surface area contributed by atoms with Crippen molar-refractivity contribution in [2.45, 2.75) is 46.5 Å². The summed E-state index contributed by atoms with van der Waals surface area (Å²) in [7, 11) is 0. The molecule has 0 aliphatic heterocycles. The minimum Gasteiger partial charge on any atom is -0.370 e. The average Bonchev–Trinajstić information content (AvgIpc) is 2.39. The number of anilines is 2. The number of nitrogens with one attached hydrogen (secondary N) is 1. The highest BCUT2D eigenvalue weighted by atomic mass is 15.3. The molecule has 1 rings (SSSR count). The molecule has 18 heavy (non-hydrogen) atoms. The van der Waals surface area contributed by atoms with E-state index in [0.717, 1.165) is 44.2 Å². The molecule has 1 aromatic heterocycles. The third kappa shape index (κ3) is 4.90. The van der Waals surface area contributed by atoms with E-state index in [0.29, 0.717) is 0 Å². The smallest absolute Gasteiger partial charge is 0.227 e. The summed E-state index contributed by atoms with van der Waals surface area (Å²) in [6, 6.07) is 1.94. The van der Waals surface area contributed by atoms with E-state index in [1.54, 1.807) is 0 Å². The molecule has 1 N–H and O–H groups in total. The van der Waals surface area contributed by atoms with Crippen LogP contribution in [0.3, 0.4) is 0 Å². The number of nitrogens with zero attached hydrogens (tertiary/aromatic N) is 3. The fourth-order valence-electron chi connectivity index (χ4n) is 1.84. The van der Waals surface area contributed by atoms with Crippen LogP contribution in [0, 0.1) is 0 Å². The SMILES string of the molecule is CCCCNc1ccnc(N(CCC)CCC)n1. The van der Waals surface area contributed by atoms with Gasteiger partial charge in [-0.2, -0.15) is 4.98 Å². The fourth-order valence-corrected chi connectivity index (χ4v) is 1.84. The van der Waals surface area contributed by atoms with Crippen LogP contribution in [0.1, 0.15) is 46.5 Å². The quantitative estimate of drug-likeness (QED) is 0.683. The first-order valence-corrected chi connectivity index (χ1v) is 7.13. The van der Waals surface area contributed by atoms with Gasteiger partial charge in [-0.15, -0.1) is 0 Å². The van der Waals surface area contributed by atoms with Crippen LogP contribution in [-0.4, -0.2) is 29.6 Å². The number of unbranched alkanes of at least 4 members (excludes halogenated alkanes) is 1. The third-order valence-corrected chi connectivity index (χ3v) is 2.75. The molecule has 0 radical (unpaired) electrons. The molecule has 0 aromatic carbocycles. The lowest BCUT2D eigenvalue weighted by molar-refractivity contribution is 0.721. The van der Waals surface area contributed by atoms with Crippen LogP contribution in [0.2, 0.25) is 0 Å². The Hall–Kier alpha value is -1.32. The summed E-state index contributed by atoms with van der Waals surface area (Å²) in [5.74, 6) is 1.78. The summed E-state index contributed by atoms with van der Waals surface area (Å²) >= 11 is 0. The predicted octanol–water partition coefficient (Wildman–Crippen LogP) is 3.32. The van der Waals surface area contributed by atoms with E-state index < -0.39 is 0 Å². The molecule has 0 bridgehead atoms. The Bertz CT molecular complexity index is 321. The van der Waals surface area contributed by atoms with Gasteiger partial charge in [-0.25, -0.2) is 4.98 Å². The fraction of sp³-hybridized carbons (Fsp3) is 0.714. The highest BCUT2D eigenvalue weighted by Crippen LogP contribution is 2.12. The van der Waals surface area contributed by atoms with Crippen molar-refractivity contribution < 1.29 is 0 Å². The van der Waals surface area contributed by atoms with Crippen LogP contribution in [0.4, 0.5) is 11.8 Å². The Labute approximate surface area is 111 Å². The van der Waals surface area contributed by atoms with Crippen molar-refractivity contribution >= 4 is 11.8 Å². The van der Waals surface area contributed by atoms with Gasteiger partial charge in [0.1, 0.15) is 5.82 Å². The molecule has 0 unspecified atom stereocenters. The lowest BCUT2D eigenvalue weighted by Gasteiger charge is -2.21. The summed E-state index contributed by atoms with van der Waals surface area (Å²) in [5.41, 5.74) is 0. The molecule has 0 fully saturated rings. The van der Waals surface area contributed by atoms with E-state index in [1.165, 1.54) is 12.8 Å². The first-order valence-electron chi connectivity index (χ1n) is 7.13. The van der Waals surface area contributed by atoms with Crippen molar-refractivity contribution in [1.82, 2.24) is 9.97 Å². The molecule has 0 aliphatic carbocycles. The Balaban J connectivity index is 2.65. The van der Waals surface area contributed by atoms with Gasteiger partial charge < -0.3 is 10.2 Å². The molecule has 1 heterocycles. The van der Waals surface area contributed by atoms with E-state index in [4.69, 9.17) is 0 Å². The lowest BCUT2D eigenvalue weighted by atomic mass is 10.3. The molecule has 0 spiro atoms. The largest absolute Gasteiger partial charge is 0.370 e. The minimum atomic E-state index is 0.847. The van der Waals surface area contributed by atoms with Crippen molar-refractivity contribution in [3.63, 3.8) is 0 Å². The van der Waals surface area contributed by atoms with Crippen LogP contribution in [0.15, 0.2) is 12.3 Å². The topological polar surface area (TPSA) is 41.1 Å². The Morgan fingerprint density at radius 1 is 1.11 bits per heavy atom. The summed E-state index contributed by atoms with van der Waals surface area (Å²) in [6.07, 6.45) is 6.46. The first-order chi connectivity index (χ1) is 8.81. The minimum absolute atomic E-state index is 0.847. The molecule has 102 valence electrons. The molecule has 0 amide bonds. The monoisotopic (exact) mass is 250 g/mol. The van der Waals surface area contributed by atoms with Gasteiger partial charge in [-0.05, 0) is 25.3 Å². The second-order valence-corrected chi connectivity index (χ2v) is 4.51. The van der Waals surface area contributed by atoms with Crippen molar-refractivity contribution in [3.05, 3.63) is 12.3 Å². The van der Waals surface area contributed by atoms with Gasteiger partial charge in [0, 0.05) is 25.8 Å². The molecule has 1 aromatic rings. The standard InChI is InChI=1S/C14H26N4/c1-4-7-9-15-13-8-10-16-14(17-13)18(11-5-2)12-6-3/h8,10H,4-7,9,11-12H2,1-3H3,(H,15,16,17). The van der Waals surface area contributed by atoms with Gasteiger partial charge in [0.2, 0.25) is 5.95 Å². The molecular weight excluding hydrogens is 224 g/mol. The highest BCUT2D eigenvalue weighted by molar-refractivity contribution is 5.41. The molecule has 0 aliphatic rings. The summed E-state index contributed by atoms with van der Waals surface area (Å²) < 4.78 is 0. The predicted molar refractivity (Wildman–Crippen MR) is 78.2 cm³/mol. The van der Waals surface area contributed by atoms with Gasteiger partial charge in [-0.3, -0.25) is 0 Å². The van der Waals surface area contributed by atoms with Gasteiger partial charge in [-0.1, -0.05) is 27.2 Å². The van der Waals surface area contributed by atoms with Gasteiger partial charge in [0.05, 0.1) is 0 Å². The Morgan fingerprint density at radius 2 is 1.83 bits per heavy atom. The normalized spacial score (nSPS) is 10.4. The zero-order valence-electron chi connectivity index (χ0n) is 11.9. The third-order valence-electron chi connectivity index (χ3n) is 2.75. The number of hydrogen-bond acceptors (Lipinski definition) is 4. The summed E-state index contributed by atoms with van der Waals surface area (Å²) in [4.78, 5) is 11.2. The van der Waals surface area contributed by atoms with Crippen LogP contribution < -0.4 is 10.2 Å². The number of aromatic nitrogens is 2. The van der Waals surface area contributed by atoms with E-state index in [2.05, 4.69) is 41.0 Å². The second kappa shape index (κ2) is 8.72. The Kier molecular flexibility index (Phi) is 7.14. The maximum Gasteiger partial charge on any atom is 0.227 e. The summed E-state index contributed by atoms with van der Waals surface area (Å²) in [6.45, 7) is 9.59. The zero-order valence-corrected chi connectivity index (χ0v) is 11.9. The van der Waals surface area contributed by atoms with E-state index in [9.17, 15) is 0 Å². The van der Waals surface area contributed by atoms with Crippen molar-refractivity contribution in [2.24, 2.45) is 0 Å². The maximum absolute atomic E-state index is 4.59. The van der Waals surface area contributed by atoms with Gasteiger partial charge >= 0.3 is 0 Å². The molecule has 0 saturated carbocycles. The zero-order chi connectivity index (χ0) is 13.2. The highest BCUT2D eigenvalue weighted by Gasteiger charge is 2.07. The van der Waals surface area contributed by atoms with E-state index in [1.807, 2.05) is 12.3 Å². The van der Waals surface area contributed by atoms with Crippen LogP contribution in [0.25, 0.3) is 0 Å². The molecule has 0 atom stereocenters. The lowest BCUT2D eigenvalue weighted by Crippen LogP contribution is -2.27. The van der Waals surface area contributed by atoms with Crippen molar-refractivity contribution in [2.75, 3.05) is 29.9 Å². The van der Waals surface area contributed by atoms with Gasteiger partial charge in [0.15, 0.2) is 0 Å². The van der Waals surface area contributed by atoms with Crippen LogP contribution in [0.5, 0.6) is 0 Å². The van der Waals surface area contributed by atoms with Crippen LogP contribution in [-0.2, 0) is 0 Å². The molecule has 0 saturated heterocycles. The first kappa shape index (κ1) is 14.7. The maximum atomic E-state index is 4.59. The Morgan fingerprint density at radius 3 is 2.44 bits per heavy atom. The van der Waals surface area contributed by atoms with Gasteiger partial charge in [0.25, 0.3) is 0 Å². The average molecular weight is 250 g/mol. The van der Waals surface area contributed by atoms with E-state index >= 15 is 0 Å². The number of hydrogen-bond donors (Lipinski definition) is 1. The summed E-state index contributed by atoms with van der Waals surface area (Å²) in [5, 5.41) is 3.35.